The van der Waals surface area contributed by atoms with Crippen molar-refractivity contribution in [3.05, 3.63) is 54.1 Å². The monoisotopic (exact) mass is 204 g/mol. The van der Waals surface area contributed by atoms with Crippen molar-refractivity contribution in [3.8, 4) is 0 Å². The van der Waals surface area contributed by atoms with Crippen molar-refractivity contribution in [1.82, 2.24) is 0 Å². The van der Waals surface area contributed by atoms with E-state index in [-0.39, 0.29) is 0 Å². The molecule has 1 atom stereocenters. The minimum absolute atomic E-state index is 0.398. The van der Waals surface area contributed by atoms with Crippen molar-refractivity contribution in [2.75, 3.05) is 6.26 Å². The second-order valence-corrected chi connectivity index (χ2v) is 4.70. The first-order chi connectivity index (χ1) is 6.77. The van der Waals surface area contributed by atoms with E-state index in [1.54, 1.807) is 6.26 Å². The smallest absolute Gasteiger partial charge is 0.0498 e. The molecule has 0 heterocycles. The molecule has 0 aromatic heterocycles. The van der Waals surface area contributed by atoms with E-state index in [1.807, 2.05) is 24.3 Å². The average Bonchev–Trinajstić information content (AvgIpc) is 2.71. The van der Waals surface area contributed by atoms with Gasteiger partial charge in [0.25, 0.3) is 0 Å². The van der Waals surface area contributed by atoms with Crippen LogP contribution < -0.4 is 0 Å². The molecule has 0 radical (unpaired) electrons. The Morgan fingerprint density at radius 1 is 1.07 bits per heavy atom. The van der Waals surface area contributed by atoms with Crippen molar-refractivity contribution < 1.29 is 4.21 Å². The van der Waals surface area contributed by atoms with Crippen LogP contribution in [0.15, 0.2) is 53.5 Å². The van der Waals surface area contributed by atoms with Gasteiger partial charge in [-0.1, -0.05) is 36.4 Å². The molecular formula is C12H12OS. The molecular weight excluding hydrogens is 192 g/mol. The largest absolute Gasteiger partial charge is 0.255 e. The van der Waals surface area contributed by atoms with Crippen LogP contribution in [0, 0.1) is 0 Å². The van der Waals surface area contributed by atoms with Gasteiger partial charge in [-0.05, 0) is 17.7 Å². The quantitative estimate of drug-likeness (QED) is 0.723. The zero-order valence-corrected chi connectivity index (χ0v) is 8.83. The molecule has 14 heavy (non-hydrogen) atoms. The lowest BCUT2D eigenvalue weighted by Gasteiger charge is -2.05. The maximum atomic E-state index is 11.2. The third-order valence-corrected chi connectivity index (χ3v) is 3.28. The van der Waals surface area contributed by atoms with E-state index in [2.05, 4.69) is 24.3 Å². The molecule has 1 unspecified atom stereocenters. The predicted octanol–water partition coefficient (Wildman–Crippen LogP) is 2.63. The lowest BCUT2D eigenvalue weighted by Crippen LogP contribution is -1.91. The van der Waals surface area contributed by atoms with Crippen LogP contribution in [-0.4, -0.2) is 10.5 Å². The minimum Gasteiger partial charge on any atom is -0.255 e. The maximum Gasteiger partial charge on any atom is 0.0498 e. The highest BCUT2D eigenvalue weighted by Crippen LogP contribution is 2.23. The molecule has 0 bridgehead atoms. The van der Waals surface area contributed by atoms with Crippen molar-refractivity contribution in [2.24, 2.45) is 0 Å². The summed E-state index contributed by atoms with van der Waals surface area (Å²) < 4.78 is 11.2. The summed E-state index contributed by atoms with van der Waals surface area (Å²) in [5.74, 6) is 0.398. The van der Waals surface area contributed by atoms with Crippen LogP contribution in [-0.2, 0) is 10.8 Å². The predicted molar refractivity (Wildman–Crippen MR) is 59.8 cm³/mol. The molecule has 72 valence electrons. The lowest BCUT2D eigenvalue weighted by atomic mass is 10.0. The SMILES string of the molecule is CS(=O)c1ccc(C2C=CC=C2)cc1. The molecule has 1 aromatic carbocycles. The van der Waals surface area contributed by atoms with E-state index in [0.29, 0.717) is 5.92 Å². The van der Waals surface area contributed by atoms with E-state index in [0.717, 1.165) is 4.90 Å². The fraction of sp³-hybridized carbons (Fsp3) is 0.167. The Bertz CT molecular complexity index is 389. The van der Waals surface area contributed by atoms with E-state index < -0.39 is 10.8 Å². The van der Waals surface area contributed by atoms with Crippen molar-refractivity contribution in [3.63, 3.8) is 0 Å². The van der Waals surface area contributed by atoms with Gasteiger partial charge in [-0.15, -0.1) is 0 Å². The Kier molecular flexibility index (Phi) is 2.64. The average molecular weight is 204 g/mol. The van der Waals surface area contributed by atoms with Gasteiger partial charge in [0, 0.05) is 27.9 Å². The summed E-state index contributed by atoms with van der Waals surface area (Å²) in [5.41, 5.74) is 1.25. The Morgan fingerprint density at radius 2 is 1.64 bits per heavy atom. The van der Waals surface area contributed by atoms with Gasteiger partial charge in [0.2, 0.25) is 0 Å². The highest BCUT2D eigenvalue weighted by Gasteiger charge is 2.06. The third kappa shape index (κ3) is 1.85. The summed E-state index contributed by atoms with van der Waals surface area (Å²) in [7, 11) is -0.875. The van der Waals surface area contributed by atoms with Crippen LogP contribution in [0.5, 0.6) is 0 Å². The van der Waals surface area contributed by atoms with Gasteiger partial charge in [-0.25, -0.2) is 0 Å². The van der Waals surface area contributed by atoms with Gasteiger partial charge in [0.05, 0.1) is 0 Å². The summed E-state index contributed by atoms with van der Waals surface area (Å²) in [4.78, 5) is 0.889. The number of hydrogen-bond acceptors (Lipinski definition) is 1. The van der Waals surface area contributed by atoms with Crippen LogP contribution in [0.1, 0.15) is 11.5 Å². The van der Waals surface area contributed by atoms with Gasteiger partial charge < -0.3 is 0 Å². The van der Waals surface area contributed by atoms with E-state index >= 15 is 0 Å². The first-order valence-electron chi connectivity index (χ1n) is 4.56. The Hall–Kier alpha value is -1.15. The molecule has 0 N–H and O–H groups in total. The summed E-state index contributed by atoms with van der Waals surface area (Å²) in [6.45, 7) is 0. The van der Waals surface area contributed by atoms with Gasteiger partial charge in [0.15, 0.2) is 0 Å². The van der Waals surface area contributed by atoms with E-state index in [1.165, 1.54) is 5.56 Å². The summed E-state index contributed by atoms with van der Waals surface area (Å²) >= 11 is 0. The van der Waals surface area contributed by atoms with Gasteiger partial charge >= 0.3 is 0 Å². The molecule has 1 nitrogen and oxygen atoms in total. The molecule has 1 aromatic rings. The molecule has 1 aliphatic carbocycles. The second kappa shape index (κ2) is 3.93. The fourth-order valence-electron chi connectivity index (χ4n) is 1.54. The van der Waals surface area contributed by atoms with Gasteiger partial charge in [-0.3, -0.25) is 4.21 Å². The normalized spacial score (nSPS) is 17.5. The third-order valence-electron chi connectivity index (χ3n) is 2.34. The van der Waals surface area contributed by atoms with Crippen LogP contribution in [0.2, 0.25) is 0 Å². The minimum atomic E-state index is -0.875. The molecule has 0 fully saturated rings. The van der Waals surface area contributed by atoms with Crippen LogP contribution in [0.3, 0.4) is 0 Å². The summed E-state index contributed by atoms with van der Waals surface area (Å²) in [5, 5.41) is 0. The summed E-state index contributed by atoms with van der Waals surface area (Å²) in [6.07, 6.45) is 10.1. The van der Waals surface area contributed by atoms with Gasteiger partial charge in [-0.2, -0.15) is 0 Å². The topological polar surface area (TPSA) is 17.1 Å². The first kappa shape index (κ1) is 9.41. The van der Waals surface area contributed by atoms with Crippen LogP contribution in [0.25, 0.3) is 0 Å². The molecule has 1 aliphatic rings. The molecule has 2 heteroatoms. The first-order valence-corrected chi connectivity index (χ1v) is 6.11. The van der Waals surface area contributed by atoms with Crippen molar-refractivity contribution >= 4 is 10.8 Å². The zero-order valence-electron chi connectivity index (χ0n) is 8.01. The number of allylic oxidation sites excluding steroid dienone is 4. The van der Waals surface area contributed by atoms with Gasteiger partial charge in [0.1, 0.15) is 0 Å². The maximum absolute atomic E-state index is 11.2. The Labute approximate surface area is 86.6 Å². The van der Waals surface area contributed by atoms with Crippen LogP contribution in [0.4, 0.5) is 0 Å². The van der Waals surface area contributed by atoms with E-state index in [9.17, 15) is 4.21 Å². The highest BCUT2D eigenvalue weighted by molar-refractivity contribution is 7.84. The number of rotatable bonds is 2. The van der Waals surface area contributed by atoms with Crippen molar-refractivity contribution in [2.45, 2.75) is 10.8 Å². The molecule has 0 amide bonds. The lowest BCUT2D eigenvalue weighted by molar-refractivity contribution is 0.687. The molecule has 0 spiro atoms. The number of benzene rings is 1. The molecule has 0 aliphatic heterocycles. The second-order valence-electron chi connectivity index (χ2n) is 3.32. The van der Waals surface area contributed by atoms with Crippen molar-refractivity contribution in [1.29, 1.82) is 0 Å². The molecule has 0 saturated heterocycles. The Balaban J connectivity index is 2.25. The number of hydrogen-bond donors (Lipinski definition) is 0. The van der Waals surface area contributed by atoms with Crippen LogP contribution >= 0.6 is 0 Å². The molecule has 0 saturated carbocycles. The highest BCUT2D eigenvalue weighted by atomic mass is 32.2. The fourth-order valence-corrected chi connectivity index (χ4v) is 2.06. The standard InChI is InChI=1S/C12H12OS/c1-14(13)12-8-6-11(7-9-12)10-4-2-3-5-10/h2-10H,1H3. The Morgan fingerprint density at radius 3 is 2.14 bits per heavy atom. The zero-order chi connectivity index (χ0) is 9.97. The molecule has 2 rings (SSSR count). The van der Waals surface area contributed by atoms with E-state index in [4.69, 9.17) is 0 Å². The summed E-state index contributed by atoms with van der Waals surface area (Å²) in [6, 6.07) is 7.96.